The van der Waals surface area contributed by atoms with Crippen LogP contribution < -0.4 is 16.0 Å². The number of morpholine rings is 1. The lowest BCUT2D eigenvalue weighted by Crippen LogP contribution is -2.43. The van der Waals surface area contributed by atoms with E-state index < -0.39 is 6.04 Å². The summed E-state index contributed by atoms with van der Waals surface area (Å²) in [5, 5.41) is 2.72. The van der Waals surface area contributed by atoms with E-state index >= 15 is 0 Å². The van der Waals surface area contributed by atoms with Crippen molar-refractivity contribution < 1.29 is 18.7 Å². The number of amides is 1. The predicted octanol–water partition coefficient (Wildman–Crippen LogP) is 0.252. The van der Waals surface area contributed by atoms with Gasteiger partial charge in [0.15, 0.2) is 0 Å². The van der Waals surface area contributed by atoms with E-state index in [0.717, 1.165) is 24.3 Å². The van der Waals surface area contributed by atoms with E-state index in [9.17, 15) is 9.18 Å². The largest absolute Gasteiger partial charge is 0.383 e. The Hall–Kier alpha value is -1.70. The van der Waals surface area contributed by atoms with Gasteiger partial charge < -0.3 is 25.4 Å². The molecule has 1 aromatic rings. The van der Waals surface area contributed by atoms with Crippen LogP contribution in [0.1, 0.15) is 5.56 Å². The van der Waals surface area contributed by atoms with Gasteiger partial charge in [0.1, 0.15) is 11.9 Å². The summed E-state index contributed by atoms with van der Waals surface area (Å²) in [6.07, 6.45) is 0. The van der Waals surface area contributed by atoms with E-state index in [1.165, 1.54) is 19.2 Å². The minimum absolute atomic E-state index is 0.144. The topological polar surface area (TPSA) is 76.8 Å². The average molecular weight is 311 g/mol. The molecule has 1 aliphatic rings. The molecule has 1 fully saturated rings. The van der Waals surface area contributed by atoms with Gasteiger partial charge in [0.2, 0.25) is 5.91 Å². The molecule has 22 heavy (non-hydrogen) atoms. The van der Waals surface area contributed by atoms with Gasteiger partial charge in [-0.05, 0) is 23.8 Å². The molecule has 1 aromatic carbocycles. The highest BCUT2D eigenvalue weighted by atomic mass is 19.1. The van der Waals surface area contributed by atoms with E-state index in [-0.39, 0.29) is 24.9 Å². The summed E-state index contributed by atoms with van der Waals surface area (Å²) < 4.78 is 23.7. The Kier molecular flexibility index (Phi) is 6.11. The number of nitrogens with zero attached hydrogens (tertiary/aromatic N) is 1. The first-order valence-electron chi connectivity index (χ1n) is 7.25. The van der Waals surface area contributed by atoms with Crippen LogP contribution in [0.4, 0.5) is 10.1 Å². The van der Waals surface area contributed by atoms with Gasteiger partial charge in [-0.2, -0.15) is 0 Å². The van der Waals surface area contributed by atoms with Gasteiger partial charge in [-0.25, -0.2) is 4.39 Å². The number of carbonyl (C=O) groups is 1. The van der Waals surface area contributed by atoms with E-state index in [1.54, 1.807) is 6.07 Å². The minimum Gasteiger partial charge on any atom is -0.383 e. The fourth-order valence-corrected chi connectivity index (χ4v) is 2.38. The van der Waals surface area contributed by atoms with Crippen molar-refractivity contribution in [2.45, 2.75) is 12.6 Å². The predicted molar refractivity (Wildman–Crippen MR) is 81.1 cm³/mol. The third-order valence-electron chi connectivity index (χ3n) is 3.53. The van der Waals surface area contributed by atoms with Crippen molar-refractivity contribution in [3.05, 3.63) is 29.6 Å². The number of carbonyl (C=O) groups excluding carboxylic acids is 1. The molecule has 3 N–H and O–H groups in total. The number of hydrogen-bond donors (Lipinski definition) is 2. The summed E-state index contributed by atoms with van der Waals surface area (Å²) >= 11 is 0. The van der Waals surface area contributed by atoms with Gasteiger partial charge in [-0.3, -0.25) is 4.79 Å². The molecule has 7 heteroatoms. The highest BCUT2D eigenvalue weighted by Crippen LogP contribution is 2.22. The molecular weight excluding hydrogens is 289 g/mol. The Bertz CT molecular complexity index is 507. The molecule has 0 spiro atoms. The van der Waals surface area contributed by atoms with Crippen LogP contribution in [-0.4, -0.2) is 52.0 Å². The van der Waals surface area contributed by atoms with Crippen molar-refractivity contribution in [3.8, 4) is 0 Å². The summed E-state index contributed by atoms with van der Waals surface area (Å²) in [6, 6.07) is 3.86. The lowest BCUT2D eigenvalue weighted by atomic mass is 10.1. The summed E-state index contributed by atoms with van der Waals surface area (Å²) in [5.41, 5.74) is 7.29. The zero-order valence-corrected chi connectivity index (χ0v) is 12.7. The normalized spacial score (nSPS) is 16.4. The number of methoxy groups -OCH3 is 1. The Morgan fingerprint density at radius 3 is 2.91 bits per heavy atom. The number of hydrogen-bond acceptors (Lipinski definition) is 5. The maximum absolute atomic E-state index is 13.5. The highest BCUT2D eigenvalue weighted by Gasteiger charge is 2.17. The molecule has 6 nitrogen and oxygen atoms in total. The maximum atomic E-state index is 13.5. The first-order chi connectivity index (χ1) is 10.6. The number of ether oxygens (including phenoxy) is 2. The quantitative estimate of drug-likeness (QED) is 0.788. The van der Waals surface area contributed by atoms with E-state index in [0.29, 0.717) is 13.2 Å². The van der Waals surface area contributed by atoms with E-state index in [4.69, 9.17) is 15.2 Å². The Morgan fingerprint density at radius 1 is 1.50 bits per heavy atom. The lowest BCUT2D eigenvalue weighted by molar-refractivity contribution is -0.123. The molecule has 122 valence electrons. The Labute approximate surface area is 129 Å². The average Bonchev–Trinajstić information content (AvgIpc) is 2.53. The molecule has 0 aromatic heterocycles. The van der Waals surface area contributed by atoms with Crippen molar-refractivity contribution >= 4 is 11.6 Å². The van der Waals surface area contributed by atoms with Gasteiger partial charge in [0, 0.05) is 32.4 Å². The first-order valence-corrected chi connectivity index (χ1v) is 7.25. The Morgan fingerprint density at radius 2 is 2.23 bits per heavy atom. The smallest absolute Gasteiger partial charge is 0.239 e. The standard InChI is InChI=1S/C15H22FN3O3/c1-21-10-13(17)15(20)18-9-11-8-12(16)2-3-14(11)19-4-6-22-7-5-19/h2-3,8,13H,4-7,9-10,17H2,1H3,(H,18,20). The molecule has 1 amide bonds. The van der Waals surface area contributed by atoms with Crippen LogP contribution in [-0.2, 0) is 20.8 Å². The number of anilines is 1. The maximum Gasteiger partial charge on any atom is 0.239 e. The zero-order valence-electron chi connectivity index (χ0n) is 12.7. The molecule has 1 aliphatic heterocycles. The number of nitrogens with one attached hydrogen (secondary N) is 1. The highest BCUT2D eigenvalue weighted by molar-refractivity contribution is 5.81. The SMILES string of the molecule is COCC(N)C(=O)NCc1cc(F)ccc1N1CCOCC1. The van der Waals surface area contributed by atoms with Crippen LogP contribution in [0.5, 0.6) is 0 Å². The number of halogens is 1. The fraction of sp³-hybridized carbons (Fsp3) is 0.533. The molecule has 1 saturated heterocycles. The molecular formula is C15H22FN3O3. The third kappa shape index (κ3) is 4.40. The molecule has 1 heterocycles. The van der Waals surface area contributed by atoms with Crippen LogP contribution in [0.25, 0.3) is 0 Å². The lowest BCUT2D eigenvalue weighted by Gasteiger charge is -2.30. The molecule has 2 rings (SSSR count). The second-order valence-electron chi connectivity index (χ2n) is 5.15. The monoisotopic (exact) mass is 311 g/mol. The molecule has 0 bridgehead atoms. The summed E-state index contributed by atoms with van der Waals surface area (Å²) in [5.74, 6) is -0.651. The van der Waals surface area contributed by atoms with Crippen molar-refractivity contribution in [1.82, 2.24) is 5.32 Å². The van der Waals surface area contributed by atoms with Crippen LogP contribution in [0.3, 0.4) is 0 Å². The summed E-state index contributed by atoms with van der Waals surface area (Å²) in [4.78, 5) is 14.0. The first kappa shape index (κ1) is 16.7. The summed E-state index contributed by atoms with van der Waals surface area (Å²) in [7, 11) is 1.48. The van der Waals surface area contributed by atoms with Gasteiger partial charge in [0.25, 0.3) is 0 Å². The van der Waals surface area contributed by atoms with Gasteiger partial charge >= 0.3 is 0 Å². The van der Waals surface area contributed by atoms with Crippen molar-refractivity contribution in [1.29, 1.82) is 0 Å². The van der Waals surface area contributed by atoms with E-state index in [2.05, 4.69) is 10.2 Å². The molecule has 1 unspecified atom stereocenters. The second-order valence-corrected chi connectivity index (χ2v) is 5.15. The van der Waals surface area contributed by atoms with Crippen LogP contribution in [0, 0.1) is 5.82 Å². The van der Waals surface area contributed by atoms with Gasteiger partial charge in [0.05, 0.1) is 19.8 Å². The number of benzene rings is 1. The Balaban J connectivity index is 2.05. The van der Waals surface area contributed by atoms with Crippen molar-refractivity contribution in [3.63, 3.8) is 0 Å². The van der Waals surface area contributed by atoms with Crippen molar-refractivity contribution in [2.24, 2.45) is 5.73 Å². The van der Waals surface area contributed by atoms with Gasteiger partial charge in [-0.1, -0.05) is 0 Å². The molecule has 0 radical (unpaired) electrons. The fourth-order valence-electron chi connectivity index (χ4n) is 2.38. The molecule has 0 saturated carbocycles. The van der Waals surface area contributed by atoms with Crippen LogP contribution in [0.2, 0.25) is 0 Å². The zero-order chi connectivity index (χ0) is 15.9. The minimum atomic E-state index is -0.731. The number of rotatable bonds is 6. The molecule has 0 aliphatic carbocycles. The van der Waals surface area contributed by atoms with Crippen LogP contribution in [0.15, 0.2) is 18.2 Å². The van der Waals surface area contributed by atoms with Crippen LogP contribution >= 0.6 is 0 Å². The second kappa shape index (κ2) is 8.07. The summed E-state index contributed by atoms with van der Waals surface area (Å²) in [6.45, 7) is 3.14. The number of nitrogens with two attached hydrogens (primary N) is 1. The van der Waals surface area contributed by atoms with E-state index in [1.807, 2.05) is 0 Å². The van der Waals surface area contributed by atoms with Crippen molar-refractivity contribution in [2.75, 3.05) is 44.9 Å². The molecule has 1 atom stereocenters. The third-order valence-corrected chi connectivity index (χ3v) is 3.53. The van der Waals surface area contributed by atoms with Gasteiger partial charge in [-0.15, -0.1) is 0 Å².